The standard InChI is InChI=1S/C12H20N2/c1-9(13)6-11-4-3-5-12(8-11)7-10(2)14/h3-5,8-10H,6-7,13-14H2,1-2H3. The molecule has 0 bridgehead atoms. The molecular formula is C12H20N2. The van der Waals surface area contributed by atoms with E-state index in [9.17, 15) is 0 Å². The molecule has 0 saturated carbocycles. The molecule has 14 heavy (non-hydrogen) atoms. The molecule has 0 aromatic heterocycles. The zero-order valence-electron chi connectivity index (χ0n) is 9.03. The SMILES string of the molecule is CC(N)Cc1cccc(CC(C)N)c1. The Kier molecular flexibility index (Phi) is 4.11. The van der Waals surface area contributed by atoms with Gasteiger partial charge in [-0.3, -0.25) is 0 Å². The van der Waals surface area contributed by atoms with Crippen LogP contribution in [0.4, 0.5) is 0 Å². The molecule has 0 fully saturated rings. The minimum atomic E-state index is 0.223. The molecule has 2 atom stereocenters. The van der Waals surface area contributed by atoms with E-state index in [1.165, 1.54) is 11.1 Å². The predicted molar refractivity (Wildman–Crippen MR) is 61.1 cm³/mol. The highest BCUT2D eigenvalue weighted by molar-refractivity contribution is 5.24. The lowest BCUT2D eigenvalue weighted by Crippen LogP contribution is -2.19. The smallest absolute Gasteiger partial charge is 0.00509 e. The van der Waals surface area contributed by atoms with Crippen molar-refractivity contribution in [2.45, 2.75) is 38.8 Å². The van der Waals surface area contributed by atoms with Crippen LogP contribution in [0.3, 0.4) is 0 Å². The van der Waals surface area contributed by atoms with Gasteiger partial charge < -0.3 is 11.5 Å². The quantitative estimate of drug-likeness (QED) is 0.759. The largest absolute Gasteiger partial charge is 0.328 e. The summed E-state index contributed by atoms with van der Waals surface area (Å²) in [5.74, 6) is 0. The van der Waals surface area contributed by atoms with Crippen LogP contribution in [0.15, 0.2) is 24.3 Å². The van der Waals surface area contributed by atoms with Gasteiger partial charge in [-0.2, -0.15) is 0 Å². The molecule has 2 unspecified atom stereocenters. The van der Waals surface area contributed by atoms with Gasteiger partial charge in [0.15, 0.2) is 0 Å². The number of nitrogens with two attached hydrogens (primary N) is 2. The van der Waals surface area contributed by atoms with Gasteiger partial charge >= 0.3 is 0 Å². The highest BCUT2D eigenvalue weighted by Gasteiger charge is 2.01. The average molecular weight is 192 g/mol. The maximum absolute atomic E-state index is 5.75. The Bertz CT molecular complexity index is 254. The van der Waals surface area contributed by atoms with Crippen molar-refractivity contribution in [1.29, 1.82) is 0 Å². The third-order valence-electron chi connectivity index (χ3n) is 2.11. The Hall–Kier alpha value is -0.860. The van der Waals surface area contributed by atoms with Crippen molar-refractivity contribution in [3.8, 4) is 0 Å². The summed E-state index contributed by atoms with van der Waals surface area (Å²) in [5.41, 5.74) is 14.1. The first-order valence-corrected chi connectivity index (χ1v) is 5.17. The molecule has 0 saturated heterocycles. The van der Waals surface area contributed by atoms with Crippen LogP contribution >= 0.6 is 0 Å². The van der Waals surface area contributed by atoms with Gasteiger partial charge in [0, 0.05) is 12.1 Å². The van der Waals surface area contributed by atoms with Crippen LogP contribution in [0.25, 0.3) is 0 Å². The minimum Gasteiger partial charge on any atom is -0.328 e. The Morgan fingerprint density at radius 3 is 1.79 bits per heavy atom. The molecule has 0 radical (unpaired) electrons. The van der Waals surface area contributed by atoms with E-state index in [1.54, 1.807) is 0 Å². The van der Waals surface area contributed by atoms with Crippen molar-refractivity contribution >= 4 is 0 Å². The van der Waals surface area contributed by atoms with Gasteiger partial charge in [0.2, 0.25) is 0 Å². The van der Waals surface area contributed by atoms with Gasteiger partial charge in [-0.1, -0.05) is 24.3 Å². The second-order valence-corrected chi connectivity index (χ2v) is 4.18. The van der Waals surface area contributed by atoms with Gasteiger partial charge in [0.25, 0.3) is 0 Å². The maximum Gasteiger partial charge on any atom is 0.00509 e. The highest BCUT2D eigenvalue weighted by Crippen LogP contribution is 2.08. The van der Waals surface area contributed by atoms with Crippen molar-refractivity contribution in [3.05, 3.63) is 35.4 Å². The molecule has 1 aromatic rings. The van der Waals surface area contributed by atoms with Crippen LogP contribution in [-0.2, 0) is 12.8 Å². The minimum absolute atomic E-state index is 0.223. The van der Waals surface area contributed by atoms with Crippen LogP contribution in [-0.4, -0.2) is 12.1 Å². The summed E-state index contributed by atoms with van der Waals surface area (Å²) in [6, 6.07) is 8.96. The van der Waals surface area contributed by atoms with E-state index in [0.717, 1.165) is 12.8 Å². The monoisotopic (exact) mass is 192 g/mol. The summed E-state index contributed by atoms with van der Waals surface area (Å²) in [6.45, 7) is 4.05. The molecule has 0 spiro atoms. The van der Waals surface area contributed by atoms with Gasteiger partial charge in [0.05, 0.1) is 0 Å². The van der Waals surface area contributed by atoms with Gasteiger partial charge in [-0.15, -0.1) is 0 Å². The fourth-order valence-electron chi connectivity index (χ4n) is 1.63. The van der Waals surface area contributed by atoms with E-state index in [4.69, 9.17) is 11.5 Å². The number of hydrogen-bond donors (Lipinski definition) is 2. The van der Waals surface area contributed by atoms with E-state index >= 15 is 0 Å². The van der Waals surface area contributed by atoms with E-state index in [1.807, 2.05) is 13.8 Å². The average Bonchev–Trinajstić information content (AvgIpc) is 2.01. The maximum atomic E-state index is 5.75. The third kappa shape index (κ3) is 3.90. The van der Waals surface area contributed by atoms with Crippen LogP contribution < -0.4 is 11.5 Å². The second kappa shape index (κ2) is 5.13. The molecule has 0 amide bonds. The summed E-state index contributed by atoms with van der Waals surface area (Å²) in [5, 5.41) is 0. The molecule has 0 heterocycles. The predicted octanol–water partition coefficient (Wildman–Crippen LogP) is 1.47. The van der Waals surface area contributed by atoms with Crippen molar-refractivity contribution in [3.63, 3.8) is 0 Å². The summed E-state index contributed by atoms with van der Waals surface area (Å²) >= 11 is 0. The fourth-order valence-corrected chi connectivity index (χ4v) is 1.63. The molecule has 0 aliphatic carbocycles. The van der Waals surface area contributed by atoms with Crippen LogP contribution in [0.5, 0.6) is 0 Å². The molecule has 1 rings (SSSR count). The first kappa shape index (κ1) is 11.2. The van der Waals surface area contributed by atoms with Crippen molar-refractivity contribution < 1.29 is 0 Å². The zero-order valence-corrected chi connectivity index (χ0v) is 9.03. The Morgan fingerprint density at radius 1 is 1.00 bits per heavy atom. The van der Waals surface area contributed by atoms with Gasteiger partial charge in [-0.05, 0) is 37.8 Å². The molecule has 2 heteroatoms. The van der Waals surface area contributed by atoms with Gasteiger partial charge in [0.1, 0.15) is 0 Å². The topological polar surface area (TPSA) is 52.0 Å². The summed E-state index contributed by atoms with van der Waals surface area (Å²) in [7, 11) is 0. The number of hydrogen-bond acceptors (Lipinski definition) is 2. The molecule has 1 aromatic carbocycles. The fraction of sp³-hybridized carbons (Fsp3) is 0.500. The first-order chi connectivity index (χ1) is 6.58. The zero-order chi connectivity index (χ0) is 10.6. The molecule has 0 aliphatic heterocycles. The van der Waals surface area contributed by atoms with Crippen molar-refractivity contribution in [2.75, 3.05) is 0 Å². The summed E-state index contributed by atoms with van der Waals surface area (Å²) in [4.78, 5) is 0. The van der Waals surface area contributed by atoms with Crippen LogP contribution in [0.2, 0.25) is 0 Å². The Morgan fingerprint density at radius 2 is 1.43 bits per heavy atom. The summed E-state index contributed by atoms with van der Waals surface area (Å²) in [6.07, 6.45) is 1.87. The van der Waals surface area contributed by atoms with E-state index in [-0.39, 0.29) is 12.1 Å². The number of benzene rings is 1. The second-order valence-electron chi connectivity index (χ2n) is 4.18. The van der Waals surface area contributed by atoms with E-state index in [2.05, 4.69) is 24.3 Å². The Balaban J connectivity index is 2.68. The first-order valence-electron chi connectivity index (χ1n) is 5.17. The van der Waals surface area contributed by atoms with Crippen LogP contribution in [0, 0.1) is 0 Å². The Labute approximate surface area is 86.3 Å². The third-order valence-corrected chi connectivity index (χ3v) is 2.11. The van der Waals surface area contributed by atoms with Crippen LogP contribution in [0.1, 0.15) is 25.0 Å². The molecule has 4 N–H and O–H groups in total. The van der Waals surface area contributed by atoms with Gasteiger partial charge in [-0.25, -0.2) is 0 Å². The normalized spacial score (nSPS) is 15.1. The van der Waals surface area contributed by atoms with E-state index < -0.39 is 0 Å². The lowest BCUT2D eigenvalue weighted by atomic mass is 10.0. The lowest BCUT2D eigenvalue weighted by Gasteiger charge is -2.09. The van der Waals surface area contributed by atoms with Crippen molar-refractivity contribution in [2.24, 2.45) is 11.5 Å². The molecule has 2 nitrogen and oxygen atoms in total. The van der Waals surface area contributed by atoms with E-state index in [0.29, 0.717) is 0 Å². The highest BCUT2D eigenvalue weighted by atomic mass is 14.6. The molecule has 78 valence electrons. The number of rotatable bonds is 4. The molecular weight excluding hydrogens is 172 g/mol. The summed E-state index contributed by atoms with van der Waals surface area (Å²) < 4.78 is 0. The molecule has 0 aliphatic rings. The van der Waals surface area contributed by atoms with Crippen molar-refractivity contribution in [1.82, 2.24) is 0 Å². The lowest BCUT2D eigenvalue weighted by molar-refractivity contribution is 0.725.